The van der Waals surface area contributed by atoms with Crippen molar-refractivity contribution >= 4 is 6.29 Å². The molecule has 1 N–H and O–H groups in total. The minimum Gasteiger partial charge on any atom is -0.385 e. The van der Waals surface area contributed by atoms with Gasteiger partial charge < -0.3 is 5.11 Å². The number of carbonyl (C=O) groups is 1. The van der Waals surface area contributed by atoms with Gasteiger partial charge in [-0.15, -0.1) is 0 Å². The monoisotopic (exact) mass is 194 g/mol. The van der Waals surface area contributed by atoms with Gasteiger partial charge in [-0.3, -0.25) is 4.79 Å². The van der Waals surface area contributed by atoms with E-state index in [-0.39, 0.29) is 5.56 Å². The van der Waals surface area contributed by atoms with E-state index >= 15 is 0 Å². The summed E-state index contributed by atoms with van der Waals surface area (Å²) in [6, 6.07) is 2.75. The second-order valence-electron chi connectivity index (χ2n) is 3.84. The van der Waals surface area contributed by atoms with Gasteiger partial charge in [0, 0.05) is 5.56 Å². The quantitative estimate of drug-likeness (QED) is 0.730. The van der Waals surface area contributed by atoms with Crippen LogP contribution < -0.4 is 0 Å². The molecule has 2 nitrogen and oxygen atoms in total. The summed E-state index contributed by atoms with van der Waals surface area (Å²) in [5, 5.41) is 9.85. The summed E-state index contributed by atoms with van der Waals surface area (Å²) in [5.74, 6) is -0.403. The zero-order valence-electron chi connectivity index (χ0n) is 7.88. The Morgan fingerprint density at radius 3 is 2.64 bits per heavy atom. The number of hydrogen-bond donors (Lipinski definition) is 1. The topological polar surface area (TPSA) is 37.3 Å². The van der Waals surface area contributed by atoms with Crippen LogP contribution in [0.5, 0.6) is 0 Å². The fourth-order valence-electron chi connectivity index (χ4n) is 1.59. The van der Waals surface area contributed by atoms with E-state index in [0.29, 0.717) is 30.3 Å². The van der Waals surface area contributed by atoms with Crippen molar-refractivity contribution in [2.45, 2.75) is 25.4 Å². The lowest BCUT2D eigenvalue weighted by Crippen LogP contribution is -2.09. The van der Waals surface area contributed by atoms with Crippen molar-refractivity contribution in [3.05, 3.63) is 34.6 Å². The first-order valence-corrected chi connectivity index (χ1v) is 4.55. The van der Waals surface area contributed by atoms with Crippen molar-refractivity contribution in [1.29, 1.82) is 0 Å². The van der Waals surface area contributed by atoms with Crippen molar-refractivity contribution in [2.24, 2.45) is 0 Å². The molecule has 74 valence electrons. The van der Waals surface area contributed by atoms with E-state index in [2.05, 4.69) is 0 Å². The van der Waals surface area contributed by atoms with E-state index in [1.165, 1.54) is 6.07 Å². The molecule has 1 fully saturated rings. The molecule has 0 atom stereocenters. The van der Waals surface area contributed by atoms with Gasteiger partial charge in [0.25, 0.3) is 0 Å². The molecule has 1 aliphatic carbocycles. The van der Waals surface area contributed by atoms with Crippen LogP contribution in [-0.2, 0) is 5.60 Å². The number of aldehydes is 1. The zero-order valence-corrected chi connectivity index (χ0v) is 7.88. The summed E-state index contributed by atoms with van der Waals surface area (Å²) in [4.78, 5) is 10.7. The summed E-state index contributed by atoms with van der Waals surface area (Å²) in [6.07, 6.45) is 1.89. The Bertz CT molecular complexity index is 395. The van der Waals surface area contributed by atoms with Crippen LogP contribution in [0, 0.1) is 12.7 Å². The van der Waals surface area contributed by atoms with Gasteiger partial charge in [0.15, 0.2) is 6.29 Å². The van der Waals surface area contributed by atoms with Crippen molar-refractivity contribution in [3.8, 4) is 0 Å². The molecule has 0 unspecified atom stereocenters. The predicted octanol–water partition coefficient (Wildman–Crippen LogP) is 1.93. The highest BCUT2D eigenvalue weighted by Crippen LogP contribution is 2.46. The van der Waals surface area contributed by atoms with E-state index < -0.39 is 11.4 Å². The Morgan fingerprint density at radius 1 is 1.50 bits per heavy atom. The smallest absolute Gasteiger partial charge is 0.150 e. The maximum absolute atomic E-state index is 13.1. The van der Waals surface area contributed by atoms with E-state index in [4.69, 9.17) is 0 Å². The van der Waals surface area contributed by atoms with E-state index in [1.54, 1.807) is 13.0 Å². The number of rotatable bonds is 2. The van der Waals surface area contributed by atoms with Crippen molar-refractivity contribution in [2.75, 3.05) is 0 Å². The predicted molar refractivity (Wildman–Crippen MR) is 49.7 cm³/mol. The van der Waals surface area contributed by atoms with Crippen LogP contribution in [0.1, 0.15) is 34.3 Å². The molecule has 0 amide bonds. The second kappa shape index (κ2) is 2.89. The van der Waals surface area contributed by atoms with Crippen molar-refractivity contribution in [3.63, 3.8) is 0 Å². The minimum atomic E-state index is -0.880. The van der Waals surface area contributed by atoms with Gasteiger partial charge in [0.05, 0.1) is 5.60 Å². The first kappa shape index (κ1) is 9.34. The molecular formula is C11H11FO2. The average Bonchev–Trinajstić information content (AvgIpc) is 2.89. The third-order valence-electron chi connectivity index (χ3n) is 2.68. The standard InChI is InChI=1S/C11H11FO2/c1-7-4-9(11(14)2-3-11)8(6-13)5-10(7)12/h4-6,14H,2-3H2,1H3. The lowest BCUT2D eigenvalue weighted by molar-refractivity contribution is 0.110. The lowest BCUT2D eigenvalue weighted by Gasteiger charge is -2.12. The molecule has 0 bridgehead atoms. The Kier molecular flexibility index (Phi) is 1.93. The normalized spacial score (nSPS) is 17.9. The molecule has 0 aliphatic heterocycles. The average molecular weight is 194 g/mol. The zero-order chi connectivity index (χ0) is 10.3. The van der Waals surface area contributed by atoms with Gasteiger partial charge in [-0.1, -0.05) is 0 Å². The Hall–Kier alpha value is -1.22. The van der Waals surface area contributed by atoms with Crippen LogP contribution >= 0.6 is 0 Å². The molecule has 1 aromatic carbocycles. The molecule has 0 saturated heterocycles. The van der Waals surface area contributed by atoms with Gasteiger partial charge in [0.1, 0.15) is 5.82 Å². The van der Waals surface area contributed by atoms with Gasteiger partial charge in [-0.25, -0.2) is 4.39 Å². The number of benzene rings is 1. The first-order chi connectivity index (χ1) is 6.57. The number of aliphatic hydroxyl groups is 1. The van der Waals surface area contributed by atoms with Gasteiger partial charge in [-0.05, 0) is 43.0 Å². The third kappa shape index (κ3) is 1.34. The van der Waals surface area contributed by atoms with Crippen LogP contribution in [0.2, 0.25) is 0 Å². The Morgan fingerprint density at radius 2 is 2.14 bits per heavy atom. The van der Waals surface area contributed by atoms with E-state index in [1.807, 2.05) is 0 Å². The highest BCUT2D eigenvalue weighted by Gasteiger charge is 2.43. The number of carbonyl (C=O) groups excluding carboxylic acids is 1. The fraction of sp³-hybridized carbons (Fsp3) is 0.364. The highest BCUT2D eigenvalue weighted by molar-refractivity contribution is 5.78. The molecule has 0 heterocycles. The van der Waals surface area contributed by atoms with Gasteiger partial charge in [-0.2, -0.15) is 0 Å². The SMILES string of the molecule is Cc1cc(C2(O)CC2)c(C=O)cc1F. The summed E-state index contributed by atoms with van der Waals surface area (Å²) in [7, 11) is 0. The molecule has 2 rings (SSSR count). The molecule has 1 aliphatic rings. The maximum Gasteiger partial charge on any atom is 0.150 e. The van der Waals surface area contributed by atoms with Gasteiger partial charge >= 0.3 is 0 Å². The highest BCUT2D eigenvalue weighted by atomic mass is 19.1. The Balaban J connectivity index is 2.58. The van der Waals surface area contributed by atoms with Crippen molar-refractivity contribution in [1.82, 2.24) is 0 Å². The molecule has 0 spiro atoms. The third-order valence-corrected chi connectivity index (χ3v) is 2.68. The summed E-state index contributed by atoms with van der Waals surface area (Å²) >= 11 is 0. The summed E-state index contributed by atoms with van der Waals surface area (Å²) in [6.45, 7) is 1.62. The summed E-state index contributed by atoms with van der Waals surface area (Å²) < 4.78 is 13.1. The number of hydrogen-bond acceptors (Lipinski definition) is 2. The molecule has 1 saturated carbocycles. The van der Waals surface area contributed by atoms with Gasteiger partial charge in [0.2, 0.25) is 0 Å². The molecule has 3 heteroatoms. The first-order valence-electron chi connectivity index (χ1n) is 4.55. The number of aryl methyl sites for hydroxylation is 1. The molecular weight excluding hydrogens is 183 g/mol. The van der Waals surface area contributed by atoms with Crippen molar-refractivity contribution < 1.29 is 14.3 Å². The van der Waals surface area contributed by atoms with Crippen LogP contribution in [0.25, 0.3) is 0 Å². The molecule has 0 aromatic heterocycles. The fourth-order valence-corrected chi connectivity index (χ4v) is 1.59. The maximum atomic E-state index is 13.1. The number of halogens is 1. The van der Waals surface area contributed by atoms with Crippen LogP contribution in [0.15, 0.2) is 12.1 Å². The lowest BCUT2D eigenvalue weighted by atomic mass is 9.98. The minimum absolute atomic E-state index is 0.258. The molecule has 1 aromatic rings. The van der Waals surface area contributed by atoms with E-state index in [9.17, 15) is 14.3 Å². The second-order valence-corrected chi connectivity index (χ2v) is 3.84. The molecule has 0 radical (unpaired) electrons. The van der Waals surface area contributed by atoms with Crippen LogP contribution in [0.3, 0.4) is 0 Å². The van der Waals surface area contributed by atoms with Crippen LogP contribution in [-0.4, -0.2) is 11.4 Å². The van der Waals surface area contributed by atoms with Crippen LogP contribution in [0.4, 0.5) is 4.39 Å². The molecule has 14 heavy (non-hydrogen) atoms. The summed E-state index contributed by atoms with van der Waals surface area (Å²) in [5.41, 5.74) is 0.403. The largest absolute Gasteiger partial charge is 0.385 e. The Labute approximate surface area is 81.4 Å². The van der Waals surface area contributed by atoms with E-state index in [0.717, 1.165) is 0 Å².